The van der Waals surface area contributed by atoms with Crippen LogP contribution in [0, 0.1) is 0 Å². The van der Waals surface area contributed by atoms with Crippen LogP contribution in [0.4, 0.5) is 0 Å². The van der Waals surface area contributed by atoms with E-state index in [2.05, 4.69) is 218 Å². The van der Waals surface area contributed by atoms with Crippen LogP contribution in [0.25, 0.3) is 77.9 Å². The number of benzene rings is 9. The summed E-state index contributed by atoms with van der Waals surface area (Å²) >= 11 is 0. The topological polar surface area (TPSA) is 0 Å². The molecule has 0 nitrogen and oxygen atoms in total. The molecule has 0 amide bonds. The van der Waals surface area contributed by atoms with Crippen molar-refractivity contribution in [3.8, 4) is 77.9 Å². The first-order valence-electron chi connectivity index (χ1n) is 19.2. The summed E-state index contributed by atoms with van der Waals surface area (Å²) in [6.07, 6.45) is 0. The van der Waals surface area contributed by atoms with Crippen molar-refractivity contribution in [2.45, 2.75) is 5.41 Å². The van der Waals surface area contributed by atoms with Crippen LogP contribution in [0.15, 0.2) is 218 Å². The zero-order chi connectivity index (χ0) is 36.3. The third kappa shape index (κ3) is 4.92. The molecule has 55 heavy (non-hydrogen) atoms. The Morgan fingerprint density at radius 3 is 1.02 bits per heavy atom. The molecule has 2 aliphatic rings. The van der Waals surface area contributed by atoms with Gasteiger partial charge in [-0.15, -0.1) is 0 Å². The Morgan fingerprint density at radius 1 is 0.182 bits per heavy atom. The van der Waals surface area contributed by atoms with E-state index in [0.29, 0.717) is 0 Å². The van der Waals surface area contributed by atoms with Crippen molar-refractivity contribution in [3.63, 3.8) is 0 Å². The highest BCUT2D eigenvalue weighted by Gasteiger charge is 2.51. The molecular weight excluding hydrogens is 661 g/mol. The summed E-state index contributed by atoms with van der Waals surface area (Å²) in [6.45, 7) is 0. The smallest absolute Gasteiger partial charge is 0.0622 e. The van der Waals surface area contributed by atoms with E-state index in [4.69, 9.17) is 0 Å². The molecule has 9 aromatic rings. The maximum absolute atomic E-state index is 2.48. The zero-order valence-corrected chi connectivity index (χ0v) is 30.3. The van der Waals surface area contributed by atoms with E-state index < -0.39 is 0 Å². The van der Waals surface area contributed by atoms with Crippen LogP contribution in [0.1, 0.15) is 22.3 Å². The molecule has 0 bridgehead atoms. The van der Waals surface area contributed by atoms with Crippen LogP contribution in [0.3, 0.4) is 0 Å². The van der Waals surface area contributed by atoms with Crippen LogP contribution in [-0.4, -0.2) is 0 Å². The minimum atomic E-state index is -0.359. The summed E-state index contributed by atoms with van der Waals surface area (Å²) < 4.78 is 0. The molecule has 9 aromatic carbocycles. The average molecular weight is 697 g/mol. The Labute approximate surface area is 322 Å². The first-order valence-corrected chi connectivity index (χ1v) is 19.2. The summed E-state index contributed by atoms with van der Waals surface area (Å²) in [6, 6.07) is 80.7. The molecule has 0 radical (unpaired) electrons. The summed E-state index contributed by atoms with van der Waals surface area (Å²) in [5.74, 6) is 0. The third-order valence-electron chi connectivity index (χ3n) is 11.9. The van der Waals surface area contributed by atoms with Crippen molar-refractivity contribution in [1.29, 1.82) is 0 Å². The van der Waals surface area contributed by atoms with Crippen LogP contribution in [0.5, 0.6) is 0 Å². The SMILES string of the molecule is c1ccc(-c2ccc(-c3cc(-c4ccccc4)cc(-c4cccc(-c5ccc6c(c5)C5(c7ccccc7-c7ccccc75)c5ccccc5-6)c4)c3)cc2)cc1. The van der Waals surface area contributed by atoms with Crippen molar-refractivity contribution in [1.82, 2.24) is 0 Å². The van der Waals surface area contributed by atoms with Gasteiger partial charge in [-0.1, -0.05) is 188 Å². The van der Waals surface area contributed by atoms with Gasteiger partial charge in [-0.25, -0.2) is 0 Å². The van der Waals surface area contributed by atoms with Crippen molar-refractivity contribution < 1.29 is 0 Å². The fourth-order valence-corrected chi connectivity index (χ4v) is 9.40. The first-order chi connectivity index (χ1) is 27.3. The molecule has 0 saturated carbocycles. The molecule has 0 heteroatoms. The van der Waals surface area contributed by atoms with Crippen molar-refractivity contribution in [3.05, 3.63) is 241 Å². The lowest BCUT2D eigenvalue weighted by Crippen LogP contribution is -2.25. The van der Waals surface area contributed by atoms with Gasteiger partial charge in [0.25, 0.3) is 0 Å². The van der Waals surface area contributed by atoms with Crippen LogP contribution >= 0.6 is 0 Å². The zero-order valence-electron chi connectivity index (χ0n) is 30.3. The highest BCUT2D eigenvalue weighted by molar-refractivity contribution is 5.96. The van der Waals surface area contributed by atoms with E-state index in [9.17, 15) is 0 Å². The van der Waals surface area contributed by atoms with Crippen LogP contribution < -0.4 is 0 Å². The molecule has 0 aromatic heterocycles. The monoisotopic (exact) mass is 696 g/mol. The number of rotatable bonds is 5. The molecule has 0 N–H and O–H groups in total. The second-order valence-electron chi connectivity index (χ2n) is 14.8. The Kier molecular flexibility index (Phi) is 7.19. The van der Waals surface area contributed by atoms with Crippen molar-refractivity contribution in [2.24, 2.45) is 0 Å². The lowest BCUT2D eigenvalue weighted by atomic mass is 9.70. The van der Waals surface area contributed by atoms with Crippen LogP contribution in [0.2, 0.25) is 0 Å². The van der Waals surface area contributed by atoms with Gasteiger partial charge in [0.15, 0.2) is 0 Å². The van der Waals surface area contributed by atoms with Gasteiger partial charge in [0.1, 0.15) is 0 Å². The van der Waals surface area contributed by atoms with Gasteiger partial charge in [-0.3, -0.25) is 0 Å². The van der Waals surface area contributed by atoms with Crippen molar-refractivity contribution in [2.75, 3.05) is 0 Å². The second-order valence-corrected chi connectivity index (χ2v) is 14.8. The highest BCUT2D eigenvalue weighted by atomic mass is 14.5. The van der Waals surface area contributed by atoms with Gasteiger partial charge >= 0.3 is 0 Å². The molecule has 0 saturated heterocycles. The molecule has 0 aliphatic heterocycles. The van der Waals surface area contributed by atoms with E-state index in [0.717, 1.165) is 0 Å². The maximum Gasteiger partial charge on any atom is 0.0725 e. The Morgan fingerprint density at radius 2 is 0.491 bits per heavy atom. The quantitative estimate of drug-likeness (QED) is 0.168. The molecule has 0 fully saturated rings. The molecule has 11 rings (SSSR count). The first kappa shape index (κ1) is 31.5. The van der Waals surface area contributed by atoms with Gasteiger partial charge in [0, 0.05) is 0 Å². The minimum absolute atomic E-state index is 0.359. The van der Waals surface area contributed by atoms with E-state index in [1.54, 1.807) is 0 Å². The summed E-state index contributed by atoms with van der Waals surface area (Å²) in [7, 11) is 0. The molecular formula is C55H36. The van der Waals surface area contributed by atoms with Gasteiger partial charge in [0.05, 0.1) is 5.41 Å². The van der Waals surface area contributed by atoms with Crippen molar-refractivity contribution >= 4 is 0 Å². The van der Waals surface area contributed by atoms with Crippen LogP contribution in [-0.2, 0) is 5.41 Å². The normalized spacial score (nSPS) is 12.9. The fraction of sp³-hybridized carbons (Fsp3) is 0.0182. The molecule has 1 spiro atoms. The molecule has 256 valence electrons. The maximum atomic E-state index is 2.48. The Hall–Kier alpha value is -7.02. The fourth-order valence-electron chi connectivity index (χ4n) is 9.40. The number of hydrogen-bond acceptors (Lipinski definition) is 0. The average Bonchev–Trinajstić information content (AvgIpc) is 3.74. The lowest BCUT2D eigenvalue weighted by Gasteiger charge is -2.30. The van der Waals surface area contributed by atoms with Gasteiger partial charge < -0.3 is 0 Å². The molecule has 0 heterocycles. The number of fused-ring (bicyclic) bond motifs is 10. The van der Waals surface area contributed by atoms with E-state index >= 15 is 0 Å². The predicted octanol–water partition coefficient (Wildman–Crippen LogP) is 14.4. The van der Waals surface area contributed by atoms with E-state index in [1.165, 1.54) is 100 Å². The summed E-state index contributed by atoms with van der Waals surface area (Å²) in [4.78, 5) is 0. The number of hydrogen-bond donors (Lipinski definition) is 0. The molecule has 0 atom stereocenters. The van der Waals surface area contributed by atoms with Gasteiger partial charge in [0.2, 0.25) is 0 Å². The Balaban J connectivity index is 1.05. The van der Waals surface area contributed by atoms with Gasteiger partial charge in [-0.2, -0.15) is 0 Å². The largest absolute Gasteiger partial charge is 0.0725 e. The van der Waals surface area contributed by atoms with E-state index in [1.807, 2.05) is 0 Å². The highest BCUT2D eigenvalue weighted by Crippen LogP contribution is 2.63. The summed E-state index contributed by atoms with van der Waals surface area (Å²) in [5, 5.41) is 0. The second kappa shape index (κ2) is 12.5. The third-order valence-corrected chi connectivity index (χ3v) is 11.9. The van der Waals surface area contributed by atoms with Gasteiger partial charge in [-0.05, 0) is 130 Å². The predicted molar refractivity (Wildman–Crippen MR) is 230 cm³/mol. The molecule has 2 aliphatic carbocycles. The molecule has 0 unspecified atom stereocenters. The summed E-state index contributed by atoms with van der Waals surface area (Å²) in [5.41, 5.74) is 22.5. The van der Waals surface area contributed by atoms with E-state index in [-0.39, 0.29) is 5.41 Å². The lowest BCUT2D eigenvalue weighted by molar-refractivity contribution is 0.794. The standard InChI is InChI=1S/C55H36/c1-3-14-37(15-4-1)39-26-28-40(29-27-39)45-33-44(38-16-5-2-6-17-38)34-46(35-45)42-19-13-18-41(32-42)43-30-31-50-49-22-9-12-25-53(49)55(54(50)36-43)51-23-10-7-20-47(51)48-21-8-11-24-52(48)55/h1-36H. The minimum Gasteiger partial charge on any atom is -0.0622 e. The Bertz CT molecular complexity index is 2830.